The maximum atomic E-state index is 11.8. The van der Waals surface area contributed by atoms with E-state index in [0.29, 0.717) is 12.3 Å². The van der Waals surface area contributed by atoms with Gasteiger partial charge in [0, 0.05) is 5.39 Å². The average molecular weight is 217 g/mol. The molecule has 0 unspecified atom stereocenters. The first-order valence-corrected chi connectivity index (χ1v) is 5.24. The average Bonchev–Trinajstić information content (AvgIpc) is 2.59. The Morgan fingerprint density at radius 3 is 2.75 bits per heavy atom. The van der Waals surface area contributed by atoms with E-state index in [-0.39, 0.29) is 5.78 Å². The van der Waals surface area contributed by atoms with Gasteiger partial charge in [0.25, 0.3) is 0 Å². The van der Waals surface area contributed by atoms with Crippen LogP contribution in [0.5, 0.6) is 0 Å². The first-order chi connectivity index (χ1) is 7.56. The van der Waals surface area contributed by atoms with E-state index in [1.165, 1.54) is 5.56 Å². The van der Waals surface area contributed by atoms with Gasteiger partial charge in [-0.2, -0.15) is 0 Å². The number of Topliss-reactive ketones (excluding diaryl/α,β-unsaturated/α-hetero) is 1. The van der Waals surface area contributed by atoms with Crippen molar-refractivity contribution in [2.24, 2.45) is 0 Å². The number of carbonyl (C=O) groups is 1. The van der Waals surface area contributed by atoms with E-state index in [0.717, 1.165) is 11.0 Å². The highest BCUT2D eigenvalue weighted by Gasteiger charge is 2.12. The summed E-state index contributed by atoms with van der Waals surface area (Å²) in [4.78, 5) is 13.6. The number of furan rings is 1. The lowest BCUT2D eigenvalue weighted by molar-refractivity contribution is 0.0933. The molecule has 0 saturated carbocycles. The quantitative estimate of drug-likeness (QED) is 0.740. The second kappa shape index (κ2) is 4.10. The number of likely N-dealkylation sites (N-methyl/N-ethyl adjacent to an activating group) is 1. The van der Waals surface area contributed by atoms with Crippen LogP contribution in [0.2, 0.25) is 0 Å². The molecule has 1 aromatic carbocycles. The number of hydrogen-bond acceptors (Lipinski definition) is 3. The summed E-state index contributed by atoms with van der Waals surface area (Å²) in [5.74, 6) is 0.452. The summed E-state index contributed by atoms with van der Waals surface area (Å²) in [5.41, 5.74) is 1.94. The lowest BCUT2D eigenvalue weighted by Crippen LogP contribution is -2.21. The van der Waals surface area contributed by atoms with Crippen LogP contribution in [0.4, 0.5) is 0 Å². The van der Waals surface area contributed by atoms with Crippen molar-refractivity contribution in [1.29, 1.82) is 0 Å². The van der Waals surface area contributed by atoms with Crippen molar-refractivity contribution >= 4 is 16.8 Å². The zero-order valence-corrected chi connectivity index (χ0v) is 9.78. The van der Waals surface area contributed by atoms with Crippen LogP contribution in [0.25, 0.3) is 11.0 Å². The molecule has 0 N–H and O–H groups in total. The molecule has 84 valence electrons. The minimum Gasteiger partial charge on any atom is -0.453 e. The molecule has 1 aromatic heterocycles. The Balaban J connectivity index is 2.36. The normalized spacial score (nSPS) is 11.2. The third-order valence-corrected chi connectivity index (χ3v) is 2.41. The van der Waals surface area contributed by atoms with Crippen LogP contribution in [0.1, 0.15) is 16.1 Å². The van der Waals surface area contributed by atoms with Crippen molar-refractivity contribution in [2.45, 2.75) is 6.92 Å². The summed E-state index contributed by atoms with van der Waals surface area (Å²) in [7, 11) is 3.73. The van der Waals surface area contributed by atoms with Crippen molar-refractivity contribution in [3.63, 3.8) is 0 Å². The summed E-state index contributed by atoms with van der Waals surface area (Å²) in [6, 6.07) is 7.71. The van der Waals surface area contributed by atoms with Crippen molar-refractivity contribution in [3.8, 4) is 0 Å². The fourth-order valence-corrected chi connectivity index (χ4v) is 1.67. The van der Waals surface area contributed by atoms with Gasteiger partial charge in [-0.3, -0.25) is 4.79 Å². The van der Waals surface area contributed by atoms with Crippen LogP contribution in [0, 0.1) is 6.92 Å². The molecule has 1 heterocycles. The molecule has 2 rings (SSSR count). The van der Waals surface area contributed by atoms with E-state index < -0.39 is 0 Å². The van der Waals surface area contributed by atoms with Crippen molar-refractivity contribution in [1.82, 2.24) is 4.90 Å². The lowest BCUT2D eigenvalue weighted by Gasteiger charge is -2.05. The van der Waals surface area contributed by atoms with E-state index in [9.17, 15) is 4.79 Å². The number of aryl methyl sites for hydroxylation is 1. The van der Waals surface area contributed by atoms with Gasteiger partial charge in [-0.05, 0) is 39.2 Å². The number of benzene rings is 1. The third-order valence-electron chi connectivity index (χ3n) is 2.41. The largest absolute Gasteiger partial charge is 0.453 e. The number of rotatable bonds is 3. The molecule has 3 nitrogen and oxygen atoms in total. The molecule has 0 radical (unpaired) electrons. The maximum absolute atomic E-state index is 11.8. The molecule has 0 aliphatic heterocycles. The predicted molar refractivity (Wildman–Crippen MR) is 63.8 cm³/mol. The third kappa shape index (κ3) is 2.14. The minimum absolute atomic E-state index is 0.0128. The SMILES string of the molecule is Cc1ccc2oc(C(=O)CN(C)C)cc2c1. The molecule has 2 aromatic rings. The summed E-state index contributed by atoms with van der Waals surface area (Å²) < 4.78 is 5.51. The van der Waals surface area contributed by atoms with Gasteiger partial charge >= 0.3 is 0 Å². The highest BCUT2D eigenvalue weighted by atomic mass is 16.3. The predicted octanol–water partition coefficient (Wildman–Crippen LogP) is 2.49. The monoisotopic (exact) mass is 217 g/mol. The standard InChI is InChI=1S/C13H15NO2/c1-9-4-5-12-10(6-9)7-13(16-12)11(15)8-14(2)3/h4-7H,8H2,1-3H3. The molecule has 0 amide bonds. The zero-order valence-electron chi connectivity index (χ0n) is 9.78. The topological polar surface area (TPSA) is 33.5 Å². The zero-order chi connectivity index (χ0) is 11.7. The Hall–Kier alpha value is -1.61. The fraction of sp³-hybridized carbons (Fsp3) is 0.308. The summed E-state index contributed by atoms with van der Waals surface area (Å²) in [6.45, 7) is 2.40. The Bertz CT molecular complexity index is 526. The number of hydrogen-bond donors (Lipinski definition) is 0. The minimum atomic E-state index is 0.0128. The van der Waals surface area contributed by atoms with Gasteiger partial charge in [-0.1, -0.05) is 11.6 Å². The van der Waals surface area contributed by atoms with Gasteiger partial charge in [0.2, 0.25) is 5.78 Å². The van der Waals surface area contributed by atoms with Crippen LogP contribution in [-0.4, -0.2) is 31.3 Å². The highest BCUT2D eigenvalue weighted by molar-refractivity contribution is 5.98. The van der Waals surface area contributed by atoms with E-state index in [4.69, 9.17) is 4.42 Å². The molecule has 0 aliphatic carbocycles. The van der Waals surface area contributed by atoms with Crippen LogP contribution in [-0.2, 0) is 0 Å². The second-order valence-corrected chi connectivity index (χ2v) is 4.31. The lowest BCUT2D eigenvalue weighted by atomic mass is 10.2. The molecule has 0 aliphatic rings. The number of nitrogens with zero attached hydrogens (tertiary/aromatic N) is 1. The molecule has 0 saturated heterocycles. The molecule has 0 bridgehead atoms. The molecular weight excluding hydrogens is 202 g/mol. The Morgan fingerprint density at radius 2 is 2.06 bits per heavy atom. The Labute approximate surface area is 94.7 Å². The number of carbonyl (C=O) groups excluding carboxylic acids is 1. The fourth-order valence-electron chi connectivity index (χ4n) is 1.67. The van der Waals surface area contributed by atoms with E-state index in [1.807, 2.05) is 50.2 Å². The van der Waals surface area contributed by atoms with Crippen molar-refractivity contribution in [2.75, 3.05) is 20.6 Å². The van der Waals surface area contributed by atoms with E-state index >= 15 is 0 Å². The molecular formula is C13H15NO2. The van der Waals surface area contributed by atoms with Crippen molar-refractivity contribution in [3.05, 3.63) is 35.6 Å². The molecule has 0 fully saturated rings. The van der Waals surface area contributed by atoms with Crippen LogP contribution >= 0.6 is 0 Å². The summed E-state index contributed by atoms with van der Waals surface area (Å²) in [6.07, 6.45) is 0. The molecule has 3 heteroatoms. The van der Waals surface area contributed by atoms with Gasteiger partial charge in [0.1, 0.15) is 5.58 Å². The summed E-state index contributed by atoms with van der Waals surface area (Å²) in [5, 5.41) is 0.988. The molecule has 0 atom stereocenters. The van der Waals surface area contributed by atoms with Gasteiger partial charge in [0.15, 0.2) is 5.76 Å². The summed E-state index contributed by atoms with van der Waals surface area (Å²) >= 11 is 0. The van der Waals surface area contributed by atoms with Crippen LogP contribution < -0.4 is 0 Å². The first-order valence-electron chi connectivity index (χ1n) is 5.24. The number of fused-ring (bicyclic) bond motifs is 1. The van der Waals surface area contributed by atoms with Gasteiger partial charge in [0.05, 0.1) is 6.54 Å². The van der Waals surface area contributed by atoms with E-state index in [2.05, 4.69) is 0 Å². The highest BCUT2D eigenvalue weighted by Crippen LogP contribution is 2.20. The first kappa shape index (κ1) is 10.9. The van der Waals surface area contributed by atoms with Gasteiger partial charge in [-0.15, -0.1) is 0 Å². The molecule has 16 heavy (non-hydrogen) atoms. The molecule has 0 spiro atoms. The maximum Gasteiger partial charge on any atom is 0.211 e. The smallest absolute Gasteiger partial charge is 0.211 e. The Kier molecular flexibility index (Phi) is 2.79. The van der Waals surface area contributed by atoms with Gasteiger partial charge in [-0.25, -0.2) is 0 Å². The van der Waals surface area contributed by atoms with Crippen LogP contribution in [0.3, 0.4) is 0 Å². The van der Waals surface area contributed by atoms with Crippen LogP contribution in [0.15, 0.2) is 28.7 Å². The number of ketones is 1. The van der Waals surface area contributed by atoms with Crippen molar-refractivity contribution < 1.29 is 9.21 Å². The van der Waals surface area contributed by atoms with Gasteiger partial charge < -0.3 is 9.32 Å². The van der Waals surface area contributed by atoms with E-state index in [1.54, 1.807) is 0 Å². The second-order valence-electron chi connectivity index (χ2n) is 4.31. The Morgan fingerprint density at radius 1 is 1.31 bits per heavy atom.